The van der Waals surface area contributed by atoms with E-state index in [0.717, 1.165) is 23.2 Å². The zero-order valence-electron chi connectivity index (χ0n) is 10.4. The molecular formula is C13H19BrO3. The summed E-state index contributed by atoms with van der Waals surface area (Å²) in [5.74, 6) is 0.857. The molecule has 0 saturated carbocycles. The zero-order chi connectivity index (χ0) is 12.5. The average Bonchev–Trinajstić information content (AvgIpc) is 2.30. The third-order valence-electron chi connectivity index (χ3n) is 2.21. The van der Waals surface area contributed by atoms with E-state index in [1.54, 1.807) is 7.11 Å². The van der Waals surface area contributed by atoms with Crippen LogP contribution >= 0.6 is 15.9 Å². The fraction of sp³-hybridized carbons (Fsp3) is 0.538. The lowest BCUT2D eigenvalue weighted by Crippen LogP contribution is -2.08. The van der Waals surface area contributed by atoms with Crippen molar-refractivity contribution in [3.8, 4) is 5.75 Å². The monoisotopic (exact) mass is 302 g/mol. The number of halogens is 1. The van der Waals surface area contributed by atoms with Crippen LogP contribution in [-0.2, 0) is 9.47 Å². The third kappa shape index (κ3) is 6.05. The number of benzene rings is 1. The Hall–Kier alpha value is -0.580. The van der Waals surface area contributed by atoms with Crippen molar-refractivity contribution in [2.75, 3.05) is 33.5 Å². The Balaban J connectivity index is 2.14. The van der Waals surface area contributed by atoms with Gasteiger partial charge in [0.05, 0.1) is 11.1 Å². The maximum atomic E-state index is 5.60. The van der Waals surface area contributed by atoms with E-state index in [9.17, 15) is 0 Å². The van der Waals surface area contributed by atoms with Crippen LogP contribution < -0.4 is 4.74 Å². The van der Waals surface area contributed by atoms with Gasteiger partial charge in [0.15, 0.2) is 0 Å². The van der Waals surface area contributed by atoms with E-state index in [0.29, 0.717) is 19.8 Å². The summed E-state index contributed by atoms with van der Waals surface area (Å²) in [5, 5.41) is 0. The van der Waals surface area contributed by atoms with Crippen LogP contribution in [0.3, 0.4) is 0 Å². The van der Waals surface area contributed by atoms with Crippen molar-refractivity contribution in [1.29, 1.82) is 0 Å². The second-order valence-corrected chi connectivity index (χ2v) is 4.60. The van der Waals surface area contributed by atoms with Gasteiger partial charge >= 0.3 is 0 Å². The summed E-state index contributed by atoms with van der Waals surface area (Å²) in [4.78, 5) is 0. The van der Waals surface area contributed by atoms with E-state index in [2.05, 4.69) is 15.9 Å². The molecule has 0 spiro atoms. The van der Waals surface area contributed by atoms with Crippen LogP contribution in [0.2, 0.25) is 0 Å². The molecule has 0 aliphatic heterocycles. The van der Waals surface area contributed by atoms with Crippen molar-refractivity contribution in [1.82, 2.24) is 0 Å². The first-order valence-electron chi connectivity index (χ1n) is 5.69. The van der Waals surface area contributed by atoms with Crippen LogP contribution in [0.25, 0.3) is 0 Å². The number of ether oxygens (including phenoxy) is 3. The number of hydrogen-bond donors (Lipinski definition) is 0. The minimum absolute atomic E-state index is 0.564. The van der Waals surface area contributed by atoms with E-state index < -0.39 is 0 Å². The smallest absolute Gasteiger partial charge is 0.133 e. The summed E-state index contributed by atoms with van der Waals surface area (Å²) in [5.41, 5.74) is 1.21. The van der Waals surface area contributed by atoms with Crippen LogP contribution in [-0.4, -0.2) is 33.5 Å². The first kappa shape index (κ1) is 14.5. The molecule has 0 heterocycles. The molecule has 0 aromatic heterocycles. The van der Waals surface area contributed by atoms with Gasteiger partial charge in [-0.3, -0.25) is 0 Å². The van der Waals surface area contributed by atoms with Crippen LogP contribution in [0.1, 0.15) is 12.0 Å². The maximum Gasteiger partial charge on any atom is 0.133 e. The van der Waals surface area contributed by atoms with Gasteiger partial charge in [0.2, 0.25) is 0 Å². The highest BCUT2D eigenvalue weighted by molar-refractivity contribution is 9.10. The van der Waals surface area contributed by atoms with Crippen molar-refractivity contribution in [3.05, 3.63) is 28.2 Å². The molecule has 0 amide bonds. The number of aryl methyl sites for hydroxylation is 1. The molecule has 1 rings (SSSR count). The molecule has 0 bridgehead atoms. The minimum atomic E-state index is 0.564. The van der Waals surface area contributed by atoms with Gasteiger partial charge in [-0.2, -0.15) is 0 Å². The summed E-state index contributed by atoms with van der Waals surface area (Å²) in [7, 11) is 1.69. The minimum Gasteiger partial charge on any atom is -0.490 e. The molecule has 0 saturated heterocycles. The van der Waals surface area contributed by atoms with E-state index in [1.165, 1.54) is 5.56 Å². The highest BCUT2D eigenvalue weighted by Crippen LogP contribution is 2.25. The Morgan fingerprint density at radius 2 is 1.94 bits per heavy atom. The van der Waals surface area contributed by atoms with Crippen molar-refractivity contribution >= 4 is 15.9 Å². The standard InChI is InChI=1S/C13H19BrO3/c1-11-4-5-13(12(14)10-11)17-9-8-16-7-3-6-15-2/h4-5,10H,3,6-9H2,1-2H3. The molecule has 96 valence electrons. The van der Waals surface area contributed by atoms with E-state index in [4.69, 9.17) is 14.2 Å². The molecule has 0 radical (unpaired) electrons. The second-order valence-electron chi connectivity index (χ2n) is 3.74. The van der Waals surface area contributed by atoms with Gasteiger partial charge in [-0.25, -0.2) is 0 Å². The Kier molecular flexibility index (Phi) is 7.24. The van der Waals surface area contributed by atoms with Crippen LogP contribution in [0.5, 0.6) is 5.75 Å². The quantitative estimate of drug-likeness (QED) is 0.690. The normalized spacial score (nSPS) is 10.5. The summed E-state index contributed by atoms with van der Waals surface area (Å²) in [6.07, 6.45) is 0.921. The fourth-order valence-electron chi connectivity index (χ4n) is 1.34. The van der Waals surface area contributed by atoms with Gasteiger partial charge in [0.1, 0.15) is 12.4 Å². The molecule has 0 atom stereocenters. The van der Waals surface area contributed by atoms with Gasteiger partial charge in [0, 0.05) is 20.3 Å². The molecule has 1 aromatic rings. The lowest BCUT2D eigenvalue weighted by molar-refractivity contribution is 0.0805. The fourth-order valence-corrected chi connectivity index (χ4v) is 1.95. The van der Waals surface area contributed by atoms with Crippen molar-refractivity contribution in [2.24, 2.45) is 0 Å². The van der Waals surface area contributed by atoms with Gasteiger partial charge in [-0.05, 0) is 47.0 Å². The lowest BCUT2D eigenvalue weighted by Gasteiger charge is -2.09. The van der Waals surface area contributed by atoms with Crippen LogP contribution in [0.15, 0.2) is 22.7 Å². The van der Waals surface area contributed by atoms with Crippen molar-refractivity contribution in [2.45, 2.75) is 13.3 Å². The van der Waals surface area contributed by atoms with Gasteiger partial charge in [-0.15, -0.1) is 0 Å². The Bertz CT molecular complexity index is 328. The predicted molar refractivity (Wildman–Crippen MR) is 71.7 cm³/mol. The number of hydrogen-bond acceptors (Lipinski definition) is 3. The zero-order valence-corrected chi connectivity index (χ0v) is 12.0. The van der Waals surface area contributed by atoms with Gasteiger partial charge in [-0.1, -0.05) is 6.07 Å². The second kappa shape index (κ2) is 8.50. The first-order valence-corrected chi connectivity index (χ1v) is 6.49. The largest absolute Gasteiger partial charge is 0.490 e. The van der Waals surface area contributed by atoms with Crippen molar-refractivity contribution in [3.63, 3.8) is 0 Å². The first-order chi connectivity index (χ1) is 8.24. The predicted octanol–water partition coefficient (Wildman–Crippen LogP) is 3.19. The van der Waals surface area contributed by atoms with Crippen molar-refractivity contribution < 1.29 is 14.2 Å². The topological polar surface area (TPSA) is 27.7 Å². The Morgan fingerprint density at radius 3 is 2.65 bits per heavy atom. The summed E-state index contributed by atoms with van der Waals surface area (Å²) < 4.78 is 16.9. The highest BCUT2D eigenvalue weighted by Gasteiger charge is 2.00. The third-order valence-corrected chi connectivity index (χ3v) is 2.83. The molecule has 1 aromatic carbocycles. The Morgan fingerprint density at radius 1 is 1.12 bits per heavy atom. The molecule has 0 N–H and O–H groups in total. The molecule has 0 aliphatic rings. The Labute approximate surface area is 111 Å². The summed E-state index contributed by atoms with van der Waals surface area (Å²) in [6.45, 7) is 4.67. The van der Waals surface area contributed by atoms with Gasteiger partial charge < -0.3 is 14.2 Å². The number of methoxy groups -OCH3 is 1. The van der Waals surface area contributed by atoms with Crippen LogP contribution in [0.4, 0.5) is 0 Å². The molecule has 4 heteroatoms. The number of rotatable bonds is 8. The summed E-state index contributed by atoms with van der Waals surface area (Å²) in [6, 6.07) is 6.03. The van der Waals surface area contributed by atoms with Crippen LogP contribution in [0, 0.1) is 6.92 Å². The molecule has 0 fully saturated rings. The van der Waals surface area contributed by atoms with E-state index in [1.807, 2.05) is 25.1 Å². The van der Waals surface area contributed by atoms with Gasteiger partial charge in [0.25, 0.3) is 0 Å². The molecule has 0 aliphatic carbocycles. The summed E-state index contributed by atoms with van der Waals surface area (Å²) >= 11 is 3.47. The van der Waals surface area contributed by atoms with E-state index in [-0.39, 0.29) is 0 Å². The lowest BCUT2D eigenvalue weighted by atomic mass is 10.2. The SMILES string of the molecule is COCCCOCCOc1ccc(C)cc1Br. The average molecular weight is 303 g/mol. The molecule has 17 heavy (non-hydrogen) atoms. The highest BCUT2D eigenvalue weighted by atomic mass is 79.9. The molecule has 3 nitrogen and oxygen atoms in total. The molecule has 0 unspecified atom stereocenters. The van der Waals surface area contributed by atoms with E-state index >= 15 is 0 Å². The molecular weight excluding hydrogens is 284 g/mol. The maximum absolute atomic E-state index is 5.60.